The van der Waals surface area contributed by atoms with Crippen molar-refractivity contribution in [2.45, 2.75) is 19.4 Å². The number of hydrogen-bond acceptors (Lipinski definition) is 5. The van der Waals surface area contributed by atoms with E-state index in [-0.39, 0.29) is 24.2 Å². The lowest BCUT2D eigenvalue weighted by Gasteiger charge is -2.18. The second kappa shape index (κ2) is 8.52. The first-order valence-electron chi connectivity index (χ1n) is 8.96. The van der Waals surface area contributed by atoms with Gasteiger partial charge in [0.15, 0.2) is 6.10 Å². The number of nitriles is 1. The summed E-state index contributed by atoms with van der Waals surface area (Å²) in [6.45, 7) is 1.37. The largest absolute Gasteiger partial charge is 0.452 e. The molecule has 0 saturated carbocycles. The van der Waals surface area contributed by atoms with E-state index in [1.807, 2.05) is 6.07 Å². The van der Waals surface area contributed by atoms with Crippen LogP contribution < -0.4 is 10.2 Å². The molecule has 1 aliphatic rings. The van der Waals surface area contributed by atoms with Gasteiger partial charge in [0.05, 0.1) is 22.9 Å². The first kappa shape index (κ1) is 20.0. The second-order valence-corrected chi connectivity index (χ2v) is 6.58. The number of anilines is 2. The Kier molecular flexibility index (Phi) is 5.88. The van der Waals surface area contributed by atoms with Gasteiger partial charge in [0, 0.05) is 13.0 Å². The average Bonchev–Trinajstić information content (AvgIpc) is 3.10. The van der Waals surface area contributed by atoms with Crippen molar-refractivity contribution in [3.63, 3.8) is 0 Å². The van der Waals surface area contributed by atoms with Gasteiger partial charge in [-0.1, -0.05) is 24.3 Å². The zero-order valence-electron chi connectivity index (χ0n) is 15.6. The Labute approximate surface area is 166 Å². The summed E-state index contributed by atoms with van der Waals surface area (Å²) in [5, 5.41) is 11.6. The van der Waals surface area contributed by atoms with Crippen molar-refractivity contribution in [2.75, 3.05) is 16.8 Å². The fourth-order valence-electron chi connectivity index (χ4n) is 3.02. The Morgan fingerprint density at radius 2 is 1.93 bits per heavy atom. The molecule has 2 aromatic rings. The standard InChI is InChI=1S/C21H18FN3O4/c1-13(20(27)24-17-8-4-2-6-14(17)11-23)29-21(28)15-10-19(26)25(12-15)18-9-5-3-7-16(18)22/h2-9,13,15H,10,12H2,1H3,(H,24,27)/t13-,15-/m0/s1. The molecule has 0 bridgehead atoms. The molecule has 29 heavy (non-hydrogen) atoms. The van der Waals surface area contributed by atoms with Gasteiger partial charge < -0.3 is 15.0 Å². The molecule has 0 aliphatic carbocycles. The van der Waals surface area contributed by atoms with Crippen LogP contribution in [0.25, 0.3) is 0 Å². The van der Waals surface area contributed by atoms with Gasteiger partial charge in [0.1, 0.15) is 11.9 Å². The van der Waals surface area contributed by atoms with Crippen molar-refractivity contribution in [2.24, 2.45) is 5.92 Å². The lowest BCUT2D eigenvalue weighted by Crippen LogP contribution is -2.33. The highest BCUT2D eigenvalue weighted by Gasteiger charge is 2.38. The van der Waals surface area contributed by atoms with Crippen molar-refractivity contribution < 1.29 is 23.5 Å². The fraction of sp³-hybridized carbons (Fsp3) is 0.238. The maximum absolute atomic E-state index is 13.9. The molecule has 0 radical (unpaired) electrons. The van der Waals surface area contributed by atoms with Crippen LogP contribution in [0.4, 0.5) is 15.8 Å². The molecule has 1 saturated heterocycles. The van der Waals surface area contributed by atoms with E-state index in [1.165, 1.54) is 30.0 Å². The van der Waals surface area contributed by atoms with Crippen LogP contribution in [-0.2, 0) is 19.1 Å². The van der Waals surface area contributed by atoms with Crippen LogP contribution in [0, 0.1) is 23.1 Å². The third kappa shape index (κ3) is 4.41. The molecule has 1 N–H and O–H groups in total. The zero-order valence-corrected chi connectivity index (χ0v) is 15.6. The van der Waals surface area contributed by atoms with Crippen LogP contribution in [0.3, 0.4) is 0 Å². The van der Waals surface area contributed by atoms with Crippen LogP contribution in [0.15, 0.2) is 48.5 Å². The third-order valence-corrected chi connectivity index (χ3v) is 4.57. The number of ether oxygens (including phenoxy) is 1. The molecule has 3 rings (SSSR count). The number of esters is 1. The van der Waals surface area contributed by atoms with Gasteiger partial charge in [-0.25, -0.2) is 4.39 Å². The SMILES string of the molecule is C[C@H](OC(=O)[C@H]1CC(=O)N(c2ccccc2F)C1)C(=O)Nc1ccccc1C#N. The van der Waals surface area contributed by atoms with Crippen molar-refractivity contribution in [1.82, 2.24) is 0 Å². The van der Waals surface area contributed by atoms with Gasteiger partial charge in [-0.3, -0.25) is 14.4 Å². The molecular weight excluding hydrogens is 377 g/mol. The first-order chi connectivity index (χ1) is 13.9. The van der Waals surface area contributed by atoms with Crippen LogP contribution in [0.5, 0.6) is 0 Å². The monoisotopic (exact) mass is 395 g/mol. The Bertz CT molecular complexity index is 1000. The highest BCUT2D eigenvalue weighted by Crippen LogP contribution is 2.28. The van der Waals surface area contributed by atoms with Gasteiger partial charge in [0.2, 0.25) is 5.91 Å². The highest BCUT2D eigenvalue weighted by atomic mass is 19.1. The number of carbonyl (C=O) groups is 3. The van der Waals surface area contributed by atoms with Gasteiger partial charge in [0.25, 0.3) is 5.91 Å². The number of para-hydroxylation sites is 2. The summed E-state index contributed by atoms with van der Waals surface area (Å²) in [7, 11) is 0. The third-order valence-electron chi connectivity index (χ3n) is 4.57. The second-order valence-electron chi connectivity index (χ2n) is 6.58. The van der Waals surface area contributed by atoms with Crippen LogP contribution in [0.1, 0.15) is 18.9 Å². The Hall–Kier alpha value is -3.73. The molecule has 2 atom stereocenters. The number of carbonyl (C=O) groups excluding carboxylic acids is 3. The Morgan fingerprint density at radius 1 is 1.24 bits per heavy atom. The zero-order chi connectivity index (χ0) is 21.0. The number of rotatable bonds is 5. The Balaban J connectivity index is 1.61. The number of benzene rings is 2. The molecule has 1 aliphatic heterocycles. The average molecular weight is 395 g/mol. The number of hydrogen-bond donors (Lipinski definition) is 1. The van der Waals surface area contributed by atoms with E-state index in [2.05, 4.69) is 5.32 Å². The molecule has 0 spiro atoms. The molecule has 2 aromatic carbocycles. The van der Waals surface area contributed by atoms with Gasteiger partial charge in [-0.2, -0.15) is 5.26 Å². The summed E-state index contributed by atoms with van der Waals surface area (Å²) < 4.78 is 19.1. The van der Waals surface area contributed by atoms with Crippen LogP contribution in [0.2, 0.25) is 0 Å². The molecule has 0 aromatic heterocycles. The van der Waals surface area contributed by atoms with E-state index < -0.39 is 35.6 Å². The van der Waals surface area contributed by atoms with E-state index in [9.17, 15) is 18.8 Å². The van der Waals surface area contributed by atoms with Crippen LogP contribution in [-0.4, -0.2) is 30.4 Å². The molecule has 1 fully saturated rings. The summed E-state index contributed by atoms with van der Waals surface area (Å²) in [6, 6.07) is 14.2. The van der Waals surface area contributed by atoms with E-state index in [0.717, 1.165) is 0 Å². The lowest BCUT2D eigenvalue weighted by atomic mass is 10.1. The predicted octanol–water partition coefficient (Wildman–Crippen LogP) is 2.62. The topological polar surface area (TPSA) is 99.5 Å². The predicted molar refractivity (Wildman–Crippen MR) is 102 cm³/mol. The summed E-state index contributed by atoms with van der Waals surface area (Å²) in [5.74, 6) is -3.07. The summed E-state index contributed by atoms with van der Waals surface area (Å²) in [6.07, 6.45) is -1.26. The fourth-order valence-corrected chi connectivity index (χ4v) is 3.02. The summed E-state index contributed by atoms with van der Waals surface area (Å²) in [4.78, 5) is 38.1. The smallest absolute Gasteiger partial charge is 0.312 e. The molecule has 0 unspecified atom stereocenters. The molecule has 8 heteroatoms. The highest BCUT2D eigenvalue weighted by molar-refractivity contribution is 6.00. The lowest BCUT2D eigenvalue weighted by molar-refractivity contribution is -0.157. The van der Waals surface area contributed by atoms with E-state index >= 15 is 0 Å². The van der Waals surface area contributed by atoms with Crippen molar-refractivity contribution in [3.05, 3.63) is 59.9 Å². The number of halogens is 1. The van der Waals surface area contributed by atoms with Gasteiger partial charge in [-0.15, -0.1) is 0 Å². The van der Waals surface area contributed by atoms with E-state index in [4.69, 9.17) is 10.00 Å². The quantitative estimate of drug-likeness (QED) is 0.785. The maximum Gasteiger partial charge on any atom is 0.312 e. The molecular formula is C21H18FN3O4. The minimum absolute atomic E-state index is 0.0236. The summed E-state index contributed by atoms with van der Waals surface area (Å²) >= 11 is 0. The normalized spacial score (nSPS) is 16.8. The van der Waals surface area contributed by atoms with Crippen molar-refractivity contribution in [3.8, 4) is 6.07 Å². The van der Waals surface area contributed by atoms with E-state index in [1.54, 1.807) is 30.3 Å². The minimum atomic E-state index is -1.13. The number of nitrogens with one attached hydrogen (secondary N) is 1. The van der Waals surface area contributed by atoms with E-state index in [0.29, 0.717) is 5.69 Å². The number of nitrogens with zero attached hydrogens (tertiary/aromatic N) is 2. The first-order valence-corrected chi connectivity index (χ1v) is 8.96. The van der Waals surface area contributed by atoms with Crippen LogP contribution >= 0.6 is 0 Å². The molecule has 148 valence electrons. The maximum atomic E-state index is 13.9. The van der Waals surface area contributed by atoms with Crippen molar-refractivity contribution >= 4 is 29.2 Å². The van der Waals surface area contributed by atoms with Crippen molar-refractivity contribution in [1.29, 1.82) is 5.26 Å². The van der Waals surface area contributed by atoms with Gasteiger partial charge >= 0.3 is 5.97 Å². The molecule has 1 heterocycles. The number of amides is 2. The van der Waals surface area contributed by atoms with Gasteiger partial charge in [-0.05, 0) is 31.2 Å². The minimum Gasteiger partial charge on any atom is -0.452 e. The molecule has 7 nitrogen and oxygen atoms in total. The summed E-state index contributed by atoms with van der Waals surface area (Å²) in [5.41, 5.74) is 0.692. The Morgan fingerprint density at radius 3 is 2.66 bits per heavy atom. The molecule has 2 amide bonds.